The maximum Gasteiger partial charge on any atom is 0.306 e. The summed E-state index contributed by atoms with van der Waals surface area (Å²) in [7, 11) is 0. The summed E-state index contributed by atoms with van der Waals surface area (Å²) >= 11 is 0. The number of pyridine rings is 1. The first-order chi connectivity index (χ1) is 9.08. The van der Waals surface area contributed by atoms with Gasteiger partial charge in [0.2, 0.25) is 0 Å². The molecule has 1 fully saturated rings. The first-order valence-corrected chi connectivity index (χ1v) is 7.20. The Kier molecular flexibility index (Phi) is 4.56. The minimum absolute atomic E-state index is 0.197. The van der Waals surface area contributed by atoms with E-state index < -0.39 is 5.97 Å². The van der Waals surface area contributed by atoms with Crippen molar-refractivity contribution in [2.45, 2.75) is 39.5 Å². The second-order valence-corrected chi connectivity index (χ2v) is 6.05. The van der Waals surface area contributed by atoms with Gasteiger partial charge in [-0.3, -0.25) is 9.78 Å². The van der Waals surface area contributed by atoms with Crippen molar-refractivity contribution in [3.05, 3.63) is 30.1 Å². The Morgan fingerprint density at radius 3 is 2.79 bits per heavy atom. The maximum atomic E-state index is 11.4. The van der Waals surface area contributed by atoms with Crippen molar-refractivity contribution in [1.82, 2.24) is 4.98 Å². The van der Waals surface area contributed by atoms with Crippen LogP contribution in [0.25, 0.3) is 0 Å². The van der Waals surface area contributed by atoms with Gasteiger partial charge in [0.25, 0.3) is 0 Å². The predicted molar refractivity (Wildman–Crippen MR) is 74.7 cm³/mol. The zero-order valence-corrected chi connectivity index (χ0v) is 11.7. The highest BCUT2D eigenvalue weighted by Gasteiger charge is 2.35. The lowest BCUT2D eigenvalue weighted by molar-refractivity contribution is -0.145. The number of rotatable bonds is 4. The van der Waals surface area contributed by atoms with Crippen LogP contribution in [0, 0.1) is 23.7 Å². The monoisotopic (exact) mass is 261 g/mol. The molecule has 3 heteroatoms. The number of hydrogen-bond donors (Lipinski definition) is 1. The normalized spacial score (nSPS) is 27.4. The van der Waals surface area contributed by atoms with E-state index >= 15 is 0 Å². The van der Waals surface area contributed by atoms with Crippen LogP contribution in [0.3, 0.4) is 0 Å². The lowest BCUT2D eigenvalue weighted by Crippen LogP contribution is -2.33. The quantitative estimate of drug-likeness (QED) is 0.903. The average Bonchev–Trinajstić information content (AvgIpc) is 2.39. The van der Waals surface area contributed by atoms with Crippen molar-refractivity contribution in [2.24, 2.45) is 23.7 Å². The molecule has 3 unspecified atom stereocenters. The van der Waals surface area contributed by atoms with E-state index in [1.165, 1.54) is 0 Å². The summed E-state index contributed by atoms with van der Waals surface area (Å²) in [5.41, 5.74) is 1.02. The van der Waals surface area contributed by atoms with Crippen LogP contribution in [-0.2, 0) is 11.2 Å². The molecule has 1 aliphatic rings. The molecule has 0 saturated heterocycles. The van der Waals surface area contributed by atoms with Gasteiger partial charge in [-0.2, -0.15) is 0 Å². The van der Waals surface area contributed by atoms with Crippen molar-refractivity contribution in [1.29, 1.82) is 0 Å². The summed E-state index contributed by atoms with van der Waals surface area (Å²) in [4.78, 5) is 15.8. The fraction of sp³-hybridized carbons (Fsp3) is 0.625. The van der Waals surface area contributed by atoms with Crippen molar-refractivity contribution < 1.29 is 9.90 Å². The molecule has 0 amide bonds. The van der Waals surface area contributed by atoms with Crippen LogP contribution in [0.5, 0.6) is 0 Å². The Labute approximate surface area is 115 Å². The number of carboxylic acid groups (broad SMARTS) is 1. The lowest BCUT2D eigenvalue weighted by Gasteiger charge is -2.35. The minimum atomic E-state index is -0.636. The molecular formula is C16H23NO2. The second-order valence-electron chi connectivity index (χ2n) is 6.05. The first kappa shape index (κ1) is 14.0. The number of aromatic nitrogens is 1. The fourth-order valence-electron chi connectivity index (χ4n) is 3.24. The minimum Gasteiger partial charge on any atom is -0.481 e. The van der Waals surface area contributed by atoms with Crippen molar-refractivity contribution in [3.63, 3.8) is 0 Å². The van der Waals surface area contributed by atoms with E-state index in [2.05, 4.69) is 18.8 Å². The largest absolute Gasteiger partial charge is 0.481 e. The Balaban J connectivity index is 2.09. The molecule has 0 aromatic carbocycles. The highest BCUT2D eigenvalue weighted by molar-refractivity contribution is 5.70. The average molecular weight is 261 g/mol. The number of aliphatic carboxylic acids is 1. The van der Waals surface area contributed by atoms with Crippen LogP contribution in [-0.4, -0.2) is 16.1 Å². The summed E-state index contributed by atoms with van der Waals surface area (Å²) < 4.78 is 0. The summed E-state index contributed by atoms with van der Waals surface area (Å²) in [5.74, 6) is 0.694. The molecule has 1 aromatic rings. The molecule has 3 nitrogen and oxygen atoms in total. The molecule has 0 radical (unpaired) electrons. The predicted octanol–water partition coefficient (Wildman–Crippen LogP) is 3.40. The molecule has 0 spiro atoms. The molecule has 2 rings (SSSR count). The summed E-state index contributed by atoms with van der Waals surface area (Å²) in [5, 5.41) is 9.39. The molecule has 1 saturated carbocycles. The van der Waals surface area contributed by atoms with Gasteiger partial charge < -0.3 is 5.11 Å². The molecule has 1 N–H and O–H groups in total. The number of carbonyl (C=O) groups is 1. The van der Waals surface area contributed by atoms with E-state index in [0.717, 1.165) is 31.4 Å². The second kappa shape index (κ2) is 6.18. The third-order valence-corrected chi connectivity index (χ3v) is 4.48. The molecule has 1 heterocycles. The van der Waals surface area contributed by atoms with Crippen LogP contribution in [0.15, 0.2) is 24.4 Å². The summed E-state index contributed by atoms with van der Waals surface area (Å²) in [6.07, 6.45) is 5.46. The Morgan fingerprint density at radius 2 is 2.21 bits per heavy atom. The number of carboxylic acids is 1. The van der Waals surface area contributed by atoms with Crippen LogP contribution in [0.4, 0.5) is 0 Å². The Hall–Kier alpha value is -1.38. The summed E-state index contributed by atoms with van der Waals surface area (Å²) in [6, 6.07) is 5.87. The van der Waals surface area contributed by atoms with Crippen molar-refractivity contribution >= 4 is 5.97 Å². The molecule has 0 bridgehead atoms. The van der Waals surface area contributed by atoms with Gasteiger partial charge in [0.1, 0.15) is 0 Å². The highest BCUT2D eigenvalue weighted by Crippen LogP contribution is 2.39. The molecule has 1 aromatic heterocycles. The van der Waals surface area contributed by atoms with Gasteiger partial charge in [0.15, 0.2) is 0 Å². The van der Waals surface area contributed by atoms with E-state index in [-0.39, 0.29) is 11.8 Å². The van der Waals surface area contributed by atoms with Crippen molar-refractivity contribution in [2.75, 3.05) is 0 Å². The van der Waals surface area contributed by atoms with Gasteiger partial charge in [0.05, 0.1) is 5.92 Å². The Bertz CT molecular complexity index is 416. The highest BCUT2D eigenvalue weighted by atomic mass is 16.4. The standard InChI is InChI=1S/C16H23NO2/c1-11(2)12-6-7-15(16(18)19)13(9-12)10-14-5-3-4-8-17-14/h3-5,8,11-13,15H,6-7,9-10H2,1-2H3,(H,18,19). The Morgan fingerprint density at radius 1 is 1.42 bits per heavy atom. The van der Waals surface area contributed by atoms with E-state index in [0.29, 0.717) is 11.8 Å². The van der Waals surface area contributed by atoms with E-state index in [4.69, 9.17) is 0 Å². The molecular weight excluding hydrogens is 238 g/mol. The van der Waals surface area contributed by atoms with Gasteiger partial charge >= 0.3 is 5.97 Å². The van der Waals surface area contributed by atoms with Gasteiger partial charge in [-0.05, 0) is 55.6 Å². The lowest BCUT2D eigenvalue weighted by atomic mass is 9.69. The SMILES string of the molecule is CC(C)C1CCC(C(=O)O)C(Cc2ccccn2)C1. The zero-order valence-electron chi connectivity index (χ0n) is 11.7. The summed E-state index contributed by atoms with van der Waals surface area (Å²) in [6.45, 7) is 4.48. The van der Waals surface area contributed by atoms with Gasteiger partial charge in [-0.15, -0.1) is 0 Å². The molecule has 19 heavy (non-hydrogen) atoms. The van der Waals surface area contributed by atoms with E-state index in [1.54, 1.807) is 6.20 Å². The molecule has 1 aliphatic carbocycles. The van der Waals surface area contributed by atoms with Crippen LogP contribution < -0.4 is 0 Å². The maximum absolute atomic E-state index is 11.4. The third-order valence-electron chi connectivity index (χ3n) is 4.48. The van der Waals surface area contributed by atoms with Crippen LogP contribution >= 0.6 is 0 Å². The van der Waals surface area contributed by atoms with Gasteiger partial charge in [0, 0.05) is 11.9 Å². The van der Waals surface area contributed by atoms with E-state index in [1.807, 2.05) is 18.2 Å². The van der Waals surface area contributed by atoms with Gasteiger partial charge in [-0.25, -0.2) is 0 Å². The van der Waals surface area contributed by atoms with Crippen molar-refractivity contribution in [3.8, 4) is 0 Å². The van der Waals surface area contributed by atoms with Crippen LogP contribution in [0.2, 0.25) is 0 Å². The molecule has 3 atom stereocenters. The fourth-order valence-corrected chi connectivity index (χ4v) is 3.24. The van der Waals surface area contributed by atoms with E-state index in [9.17, 15) is 9.90 Å². The zero-order chi connectivity index (χ0) is 13.8. The molecule has 104 valence electrons. The molecule has 0 aliphatic heterocycles. The first-order valence-electron chi connectivity index (χ1n) is 7.20. The third kappa shape index (κ3) is 3.55. The van der Waals surface area contributed by atoms with Gasteiger partial charge in [-0.1, -0.05) is 19.9 Å². The van der Waals surface area contributed by atoms with Crippen LogP contribution in [0.1, 0.15) is 38.8 Å². The number of nitrogens with zero attached hydrogens (tertiary/aromatic N) is 1. The topological polar surface area (TPSA) is 50.2 Å². The smallest absolute Gasteiger partial charge is 0.306 e. The number of hydrogen-bond acceptors (Lipinski definition) is 2.